The quantitative estimate of drug-likeness (QED) is 0.761. The fourth-order valence-corrected chi connectivity index (χ4v) is 1.69. The standard InChI is InChI=1S/C9H9ClF2O2S/c1-9(2,15(10,13)14)6-3-4-7(11)8(12)5-6/h3-5H,1-2H3. The Balaban J connectivity index is 3.35. The van der Waals surface area contributed by atoms with Crippen LogP contribution in [0.2, 0.25) is 0 Å². The van der Waals surface area contributed by atoms with Crippen molar-refractivity contribution >= 4 is 19.7 Å². The van der Waals surface area contributed by atoms with Crippen molar-refractivity contribution in [1.82, 2.24) is 0 Å². The zero-order valence-corrected chi connectivity index (χ0v) is 9.66. The van der Waals surface area contributed by atoms with Crippen molar-refractivity contribution in [2.24, 2.45) is 0 Å². The molecule has 1 rings (SSSR count). The van der Waals surface area contributed by atoms with Gasteiger partial charge in [-0.1, -0.05) is 6.07 Å². The maximum atomic E-state index is 12.9. The van der Waals surface area contributed by atoms with Gasteiger partial charge in [-0.05, 0) is 31.5 Å². The molecule has 0 aliphatic carbocycles. The molecular formula is C9H9ClF2O2S. The van der Waals surface area contributed by atoms with Gasteiger partial charge in [0.2, 0.25) is 9.05 Å². The van der Waals surface area contributed by atoms with E-state index in [0.717, 1.165) is 12.1 Å². The zero-order valence-electron chi connectivity index (χ0n) is 8.09. The van der Waals surface area contributed by atoms with Crippen LogP contribution in [0.25, 0.3) is 0 Å². The first-order valence-electron chi connectivity index (χ1n) is 4.06. The molecule has 0 unspecified atom stereocenters. The van der Waals surface area contributed by atoms with E-state index in [1.807, 2.05) is 0 Å². The molecule has 0 radical (unpaired) electrons. The van der Waals surface area contributed by atoms with Gasteiger partial charge in [0, 0.05) is 10.7 Å². The van der Waals surface area contributed by atoms with Gasteiger partial charge in [-0.2, -0.15) is 0 Å². The summed E-state index contributed by atoms with van der Waals surface area (Å²) in [6, 6.07) is 2.89. The molecule has 0 heterocycles. The fraction of sp³-hybridized carbons (Fsp3) is 0.333. The van der Waals surface area contributed by atoms with Crippen LogP contribution >= 0.6 is 10.7 Å². The first kappa shape index (κ1) is 12.4. The molecule has 0 saturated heterocycles. The molecule has 6 heteroatoms. The van der Waals surface area contributed by atoms with Crippen LogP contribution in [0, 0.1) is 11.6 Å². The topological polar surface area (TPSA) is 34.1 Å². The molecule has 0 saturated carbocycles. The van der Waals surface area contributed by atoms with Crippen LogP contribution in [-0.2, 0) is 13.8 Å². The lowest BCUT2D eigenvalue weighted by molar-refractivity contribution is 0.503. The lowest BCUT2D eigenvalue weighted by Gasteiger charge is -2.21. The summed E-state index contributed by atoms with van der Waals surface area (Å²) in [4.78, 5) is 0. The van der Waals surface area contributed by atoms with Crippen LogP contribution in [0.3, 0.4) is 0 Å². The van der Waals surface area contributed by atoms with E-state index in [9.17, 15) is 17.2 Å². The summed E-state index contributed by atoms with van der Waals surface area (Å²) >= 11 is 0. The van der Waals surface area contributed by atoms with Crippen LogP contribution in [0.4, 0.5) is 8.78 Å². The fourth-order valence-electron chi connectivity index (χ4n) is 1.01. The predicted molar refractivity (Wildman–Crippen MR) is 54.2 cm³/mol. The Labute approximate surface area is 91.3 Å². The first-order valence-corrected chi connectivity index (χ1v) is 6.37. The second-order valence-corrected chi connectivity index (χ2v) is 6.69. The minimum atomic E-state index is -3.90. The Morgan fingerprint density at radius 1 is 1.20 bits per heavy atom. The van der Waals surface area contributed by atoms with Crippen LogP contribution < -0.4 is 0 Å². The van der Waals surface area contributed by atoms with E-state index in [1.165, 1.54) is 19.9 Å². The van der Waals surface area contributed by atoms with Crippen LogP contribution in [0.15, 0.2) is 18.2 Å². The average Bonchev–Trinajstić information content (AvgIpc) is 2.07. The zero-order chi connectivity index (χ0) is 11.9. The summed E-state index contributed by atoms with van der Waals surface area (Å²) in [7, 11) is 1.31. The molecule has 0 spiro atoms. The molecule has 1 aromatic carbocycles. The third-order valence-corrected chi connectivity index (χ3v) is 4.84. The van der Waals surface area contributed by atoms with Gasteiger partial charge >= 0.3 is 0 Å². The van der Waals surface area contributed by atoms with E-state index in [4.69, 9.17) is 10.7 Å². The van der Waals surface area contributed by atoms with Crippen molar-refractivity contribution in [3.8, 4) is 0 Å². The third-order valence-electron chi connectivity index (χ3n) is 2.22. The average molecular weight is 255 g/mol. The van der Waals surface area contributed by atoms with E-state index in [1.54, 1.807) is 0 Å². The molecular weight excluding hydrogens is 246 g/mol. The van der Waals surface area contributed by atoms with Gasteiger partial charge in [0.1, 0.15) is 4.75 Å². The van der Waals surface area contributed by atoms with Gasteiger partial charge < -0.3 is 0 Å². The Morgan fingerprint density at radius 2 is 1.73 bits per heavy atom. The van der Waals surface area contributed by atoms with Gasteiger partial charge in [0.05, 0.1) is 0 Å². The molecule has 0 amide bonds. The molecule has 0 aliphatic rings. The van der Waals surface area contributed by atoms with Gasteiger partial charge in [0.15, 0.2) is 11.6 Å². The second-order valence-electron chi connectivity index (χ2n) is 3.58. The third kappa shape index (κ3) is 2.29. The van der Waals surface area contributed by atoms with Crippen LogP contribution in [0.1, 0.15) is 19.4 Å². The Hall–Kier alpha value is -0.680. The summed E-state index contributed by atoms with van der Waals surface area (Å²) < 4.78 is 46.5. The van der Waals surface area contributed by atoms with Gasteiger partial charge in [-0.3, -0.25) is 0 Å². The molecule has 2 nitrogen and oxygen atoms in total. The number of halogens is 3. The van der Waals surface area contributed by atoms with Crippen molar-refractivity contribution in [3.63, 3.8) is 0 Å². The molecule has 0 N–H and O–H groups in total. The first-order chi connectivity index (χ1) is 6.66. The lowest BCUT2D eigenvalue weighted by Crippen LogP contribution is -2.25. The smallest absolute Gasteiger partial charge is 0.211 e. The summed E-state index contributed by atoms with van der Waals surface area (Å²) in [6.07, 6.45) is 0. The summed E-state index contributed by atoms with van der Waals surface area (Å²) in [5.74, 6) is -2.12. The minimum absolute atomic E-state index is 0.108. The highest BCUT2D eigenvalue weighted by Gasteiger charge is 2.35. The summed E-state index contributed by atoms with van der Waals surface area (Å²) in [5, 5.41) is 0. The molecule has 1 aromatic rings. The van der Waals surface area contributed by atoms with E-state index < -0.39 is 25.4 Å². The highest BCUT2D eigenvalue weighted by Crippen LogP contribution is 2.32. The molecule has 0 aromatic heterocycles. The van der Waals surface area contributed by atoms with E-state index >= 15 is 0 Å². The highest BCUT2D eigenvalue weighted by atomic mass is 35.7. The van der Waals surface area contributed by atoms with Crippen molar-refractivity contribution in [1.29, 1.82) is 0 Å². The number of hydrogen-bond donors (Lipinski definition) is 0. The maximum absolute atomic E-state index is 12.9. The molecule has 0 aliphatic heterocycles. The second kappa shape index (κ2) is 3.72. The van der Waals surface area contributed by atoms with Gasteiger partial charge in [-0.15, -0.1) is 0 Å². The van der Waals surface area contributed by atoms with E-state index in [2.05, 4.69) is 0 Å². The van der Waals surface area contributed by atoms with Crippen LogP contribution in [-0.4, -0.2) is 8.42 Å². The van der Waals surface area contributed by atoms with Crippen molar-refractivity contribution < 1.29 is 17.2 Å². The largest absolute Gasteiger partial charge is 0.241 e. The molecule has 0 atom stereocenters. The Morgan fingerprint density at radius 3 is 2.13 bits per heavy atom. The maximum Gasteiger partial charge on any atom is 0.241 e. The number of benzene rings is 1. The van der Waals surface area contributed by atoms with E-state index in [0.29, 0.717) is 0 Å². The molecule has 0 fully saturated rings. The van der Waals surface area contributed by atoms with Gasteiger partial charge in [-0.25, -0.2) is 17.2 Å². The predicted octanol–water partition coefficient (Wildman–Crippen LogP) is 2.77. The van der Waals surface area contributed by atoms with Gasteiger partial charge in [0.25, 0.3) is 0 Å². The molecule has 84 valence electrons. The summed E-state index contributed by atoms with van der Waals surface area (Å²) in [6.45, 7) is 2.64. The Kier molecular flexibility index (Phi) is 3.07. The monoisotopic (exact) mass is 254 g/mol. The molecule has 15 heavy (non-hydrogen) atoms. The lowest BCUT2D eigenvalue weighted by atomic mass is 10.0. The van der Waals surface area contributed by atoms with Crippen molar-refractivity contribution in [2.45, 2.75) is 18.6 Å². The number of rotatable bonds is 2. The Bertz CT molecular complexity index is 483. The SMILES string of the molecule is CC(C)(c1ccc(F)c(F)c1)S(=O)(=O)Cl. The molecule has 0 bridgehead atoms. The number of hydrogen-bond acceptors (Lipinski definition) is 2. The van der Waals surface area contributed by atoms with E-state index in [-0.39, 0.29) is 5.56 Å². The van der Waals surface area contributed by atoms with Crippen molar-refractivity contribution in [3.05, 3.63) is 35.4 Å². The normalized spacial score (nSPS) is 12.9. The van der Waals surface area contributed by atoms with Crippen molar-refractivity contribution in [2.75, 3.05) is 0 Å². The van der Waals surface area contributed by atoms with Crippen LogP contribution in [0.5, 0.6) is 0 Å². The summed E-state index contributed by atoms with van der Waals surface area (Å²) in [5.41, 5.74) is 0.108. The highest BCUT2D eigenvalue weighted by molar-refractivity contribution is 8.14. The minimum Gasteiger partial charge on any atom is -0.211 e.